The summed E-state index contributed by atoms with van der Waals surface area (Å²) < 4.78 is 19.6. The molecule has 0 aliphatic heterocycles. The van der Waals surface area contributed by atoms with Gasteiger partial charge in [-0.05, 0) is 52.4 Å². The summed E-state index contributed by atoms with van der Waals surface area (Å²) >= 11 is 0. The smallest absolute Gasteiger partial charge is 0.550 e. The first-order chi connectivity index (χ1) is 15.7. The number of hydrogen-bond donors (Lipinski definition) is 2. The molecule has 0 unspecified atom stereocenters. The Morgan fingerprint density at radius 3 is 2.18 bits per heavy atom. The molecule has 0 spiro atoms. The molecule has 0 saturated carbocycles. The zero-order valence-corrected chi connectivity index (χ0v) is 21.7. The second-order valence-electron chi connectivity index (χ2n) is 8.40. The molecule has 3 aromatic rings. The van der Waals surface area contributed by atoms with Gasteiger partial charge in [-0.25, -0.2) is 4.39 Å². The minimum absolute atomic E-state index is 0. The van der Waals surface area contributed by atoms with Crippen LogP contribution in [-0.4, -0.2) is 35.0 Å². The molecule has 3 aromatic carbocycles. The molecule has 7 heteroatoms. The molecule has 2 atom stereocenters. The van der Waals surface area contributed by atoms with Crippen LogP contribution in [0.3, 0.4) is 0 Å². The molecule has 34 heavy (non-hydrogen) atoms. The molecule has 0 heterocycles. The van der Waals surface area contributed by atoms with Crippen molar-refractivity contribution in [3.63, 3.8) is 0 Å². The Morgan fingerprint density at radius 2 is 1.59 bits per heavy atom. The molecular formula is C27H28FNaO5. The summed E-state index contributed by atoms with van der Waals surface area (Å²) in [6, 6.07) is 20.0. The molecule has 0 saturated heterocycles. The van der Waals surface area contributed by atoms with Crippen LogP contribution in [0.15, 0.2) is 66.7 Å². The Balaban J connectivity index is 0.00000408. The maximum Gasteiger partial charge on any atom is 1.00 e. The van der Waals surface area contributed by atoms with Crippen molar-refractivity contribution in [3.8, 4) is 28.0 Å². The molecule has 0 bridgehead atoms. The first-order valence-electron chi connectivity index (χ1n) is 10.9. The van der Waals surface area contributed by atoms with Gasteiger partial charge in [0, 0.05) is 24.4 Å². The average Bonchev–Trinajstić information content (AvgIpc) is 2.77. The maximum atomic E-state index is 13.6. The van der Waals surface area contributed by atoms with Crippen molar-refractivity contribution in [1.82, 2.24) is 0 Å². The predicted molar refractivity (Wildman–Crippen MR) is 123 cm³/mol. The van der Waals surface area contributed by atoms with Gasteiger partial charge >= 0.3 is 29.6 Å². The molecule has 0 fully saturated rings. The van der Waals surface area contributed by atoms with E-state index < -0.39 is 24.6 Å². The zero-order valence-electron chi connectivity index (χ0n) is 19.7. The number of carbonyl (C=O) groups is 1. The van der Waals surface area contributed by atoms with E-state index in [4.69, 9.17) is 4.74 Å². The maximum absolute atomic E-state index is 13.6. The van der Waals surface area contributed by atoms with E-state index in [1.54, 1.807) is 12.1 Å². The molecule has 3 rings (SSSR count). The fourth-order valence-electron chi connectivity index (χ4n) is 3.72. The number of carbonyl (C=O) groups excluding carboxylic acids is 1. The molecule has 174 valence electrons. The molecule has 2 N–H and O–H groups in total. The van der Waals surface area contributed by atoms with Crippen LogP contribution >= 0.6 is 0 Å². The van der Waals surface area contributed by atoms with E-state index in [1.165, 1.54) is 12.1 Å². The van der Waals surface area contributed by atoms with Crippen LogP contribution in [0.4, 0.5) is 4.39 Å². The minimum Gasteiger partial charge on any atom is -0.550 e. The zero-order chi connectivity index (χ0) is 24.0. The van der Waals surface area contributed by atoms with Crippen molar-refractivity contribution in [1.29, 1.82) is 0 Å². The number of aliphatic hydroxyl groups excluding tert-OH is 2. The van der Waals surface area contributed by atoms with E-state index in [-0.39, 0.29) is 54.3 Å². The number of benzene rings is 3. The minimum atomic E-state index is -1.38. The summed E-state index contributed by atoms with van der Waals surface area (Å²) in [6.45, 7) is 3.93. The molecule has 0 radical (unpaired) electrons. The standard InChI is InChI=1S/C27H29FO5.Na/c1-17(2)24-12-20(18-6-4-3-5-7-18)13-25(19-8-10-21(28)11-9-19)27(24)33-16-23(30)14-22(29)15-26(31)32;/h3-13,17,22-23,29-30H,14-16H2,1-2H3,(H,31,32);/q;+1/p-1/t22-,23+;/m1./s1. The fraction of sp³-hybridized carbons (Fsp3) is 0.296. The third kappa shape index (κ3) is 7.65. The van der Waals surface area contributed by atoms with Crippen LogP contribution in [0.5, 0.6) is 5.75 Å². The van der Waals surface area contributed by atoms with Crippen LogP contribution < -0.4 is 39.4 Å². The fourth-order valence-corrected chi connectivity index (χ4v) is 3.72. The normalized spacial score (nSPS) is 12.6. The summed E-state index contributed by atoms with van der Waals surface area (Å²) in [7, 11) is 0. The second-order valence-corrected chi connectivity index (χ2v) is 8.40. The van der Waals surface area contributed by atoms with Crippen molar-refractivity contribution >= 4 is 5.97 Å². The molecule has 0 aliphatic rings. The van der Waals surface area contributed by atoms with Crippen molar-refractivity contribution < 1.29 is 58.8 Å². The Morgan fingerprint density at radius 1 is 0.941 bits per heavy atom. The third-order valence-corrected chi connectivity index (χ3v) is 5.37. The predicted octanol–water partition coefficient (Wildman–Crippen LogP) is 0.918. The molecule has 0 amide bonds. The van der Waals surface area contributed by atoms with Crippen LogP contribution in [0.2, 0.25) is 0 Å². The summed E-state index contributed by atoms with van der Waals surface area (Å²) in [5.41, 5.74) is 4.44. The first-order valence-corrected chi connectivity index (χ1v) is 10.9. The SMILES string of the molecule is CC(C)c1cc(-c2ccccc2)cc(-c2ccc(F)cc2)c1OC[C@@H](O)C[C@@H](O)CC(=O)[O-].[Na+]. The first kappa shape index (κ1) is 28.0. The quantitative estimate of drug-likeness (QED) is 0.427. The van der Waals surface area contributed by atoms with E-state index >= 15 is 0 Å². The topological polar surface area (TPSA) is 89.8 Å². The van der Waals surface area contributed by atoms with E-state index in [1.807, 2.05) is 56.3 Å². The molecule has 0 aliphatic carbocycles. The van der Waals surface area contributed by atoms with Crippen LogP contribution in [0.1, 0.15) is 38.2 Å². The number of hydrogen-bond acceptors (Lipinski definition) is 5. The van der Waals surface area contributed by atoms with Crippen molar-refractivity contribution in [2.75, 3.05) is 6.61 Å². The van der Waals surface area contributed by atoms with Gasteiger partial charge in [-0.3, -0.25) is 0 Å². The number of ether oxygens (including phenoxy) is 1. The van der Waals surface area contributed by atoms with Gasteiger partial charge in [0.05, 0.1) is 12.2 Å². The number of carboxylic acid groups (broad SMARTS) is 1. The number of aliphatic hydroxyl groups is 2. The Kier molecular flexibility index (Phi) is 10.7. The van der Waals surface area contributed by atoms with Crippen molar-refractivity contribution in [3.05, 3.63) is 78.1 Å². The van der Waals surface area contributed by atoms with Gasteiger partial charge in [0.1, 0.15) is 18.2 Å². The van der Waals surface area contributed by atoms with Crippen LogP contribution in [0.25, 0.3) is 22.3 Å². The van der Waals surface area contributed by atoms with E-state index in [0.29, 0.717) is 5.75 Å². The van der Waals surface area contributed by atoms with Crippen LogP contribution in [0, 0.1) is 5.82 Å². The number of halogens is 1. The summed E-state index contributed by atoms with van der Waals surface area (Å²) in [4.78, 5) is 10.7. The number of aliphatic carboxylic acids is 1. The van der Waals surface area contributed by atoms with Gasteiger partial charge in [-0.15, -0.1) is 0 Å². The summed E-state index contributed by atoms with van der Waals surface area (Å²) in [6.07, 6.45) is -3.01. The van der Waals surface area contributed by atoms with E-state index in [0.717, 1.165) is 27.8 Å². The number of carboxylic acids is 1. The van der Waals surface area contributed by atoms with Crippen LogP contribution in [-0.2, 0) is 4.79 Å². The van der Waals surface area contributed by atoms with Gasteiger partial charge in [0.2, 0.25) is 0 Å². The van der Waals surface area contributed by atoms with Gasteiger partial charge in [0.15, 0.2) is 0 Å². The van der Waals surface area contributed by atoms with Gasteiger partial charge < -0.3 is 24.9 Å². The van der Waals surface area contributed by atoms with Gasteiger partial charge in [-0.2, -0.15) is 0 Å². The second kappa shape index (κ2) is 13.0. The third-order valence-electron chi connectivity index (χ3n) is 5.37. The average molecular weight is 475 g/mol. The van der Waals surface area contributed by atoms with Crippen molar-refractivity contribution in [2.45, 2.75) is 44.8 Å². The number of rotatable bonds is 10. The largest absolute Gasteiger partial charge is 1.00 e. The Hall–Kier alpha value is -2.22. The molecular weight excluding hydrogens is 446 g/mol. The Labute approximate surface area is 221 Å². The summed E-state index contributed by atoms with van der Waals surface area (Å²) in [5.74, 6) is -1.08. The monoisotopic (exact) mass is 474 g/mol. The molecule has 0 aromatic heterocycles. The van der Waals surface area contributed by atoms with E-state index in [9.17, 15) is 24.5 Å². The molecule has 5 nitrogen and oxygen atoms in total. The summed E-state index contributed by atoms with van der Waals surface area (Å²) in [5, 5.41) is 30.7. The van der Waals surface area contributed by atoms with Gasteiger partial charge in [-0.1, -0.05) is 56.3 Å². The van der Waals surface area contributed by atoms with Crippen molar-refractivity contribution in [2.24, 2.45) is 0 Å². The van der Waals surface area contributed by atoms with Gasteiger partial charge in [0.25, 0.3) is 0 Å². The Bertz CT molecular complexity index is 1070. The van der Waals surface area contributed by atoms with E-state index in [2.05, 4.69) is 0 Å².